The first-order valence-electron chi connectivity index (χ1n) is 6.50. The smallest absolute Gasteiger partial charge is 0.335 e. The van der Waals surface area contributed by atoms with E-state index >= 15 is 0 Å². The van der Waals surface area contributed by atoms with Gasteiger partial charge in [-0.05, 0) is 36.8 Å². The summed E-state index contributed by atoms with van der Waals surface area (Å²) >= 11 is 0. The second kappa shape index (κ2) is 10.5. The van der Waals surface area contributed by atoms with Gasteiger partial charge in [0.15, 0.2) is 0 Å². The van der Waals surface area contributed by atoms with Gasteiger partial charge in [-0.25, -0.2) is 4.79 Å². The molecule has 0 fully saturated rings. The van der Waals surface area contributed by atoms with Crippen LogP contribution in [0.1, 0.15) is 31.1 Å². The first-order valence-corrected chi connectivity index (χ1v) is 6.50. The first-order chi connectivity index (χ1) is 9.67. The molecule has 0 aliphatic rings. The molecule has 0 heterocycles. The lowest BCUT2D eigenvalue weighted by molar-refractivity contribution is 0.0697. The lowest BCUT2D eigenvalue weighted by Crippen LogP contribution is -1.94. The van der Waals surface area contributed by atoms with Crippen LogP contribution in [0.4, 0.5) is 5.69 Å². The fourth-order valence-electron chi connectivity index (χ4n) is 1.31. The van der Waals surface area contributed by atoms with Gasteiger partial charge >= 0.3 is 5.97 Å². The van der Waals surface area contributed by atoms with E-state index < -0.39 is 5.97 Å². The number of aromatic carboxylic acids is 1. The molecule has 106 valence electrons. The van der Waals surface area contributed by atoms with Crippen molar-refractivity contribution >= 4 is 17.9 Å². The van der Waals surface area contributed by atoms with Crippen LogP contribution in [-0.4, -0.2) is 17.3 Å². The Morgan fingerprint density at radius 3 is 2.30 bits per heavy atom. The van der Waals surface area contributed by atoms with Crippen molar-refractivity contribution in [1.82, 2.24) is 0 Å². The summed E-state index contributed by atoms with van der Waals surface area (Å²) in [6.07, 6.45) is 9.06. The van der Waals surface area contributed by atoms with Crippen molar-refractivity contribution in [3.05, 3.63) is 66.3 Å². The van der Waals surface area contributed by atoms with Gasteiger partial charge in [0.1, 0.15) is 0 Å². The van der Waals surface area contributed by atoms with E-state index in [9.17, 15) is 4.79 Å². The average molecular weight is 271 g/mol. The van der Waals surface area contributed by atoms with Gasteiger partial charge in [-0.1, -0.05) is 44.7 Å². The summed E-state index contributed by atoms with van der Waals surface area (Å²) in [5.74, 6) is -0.938. The molecule has 0 saturated carbocycles. The third-order valence-electron chi connectivity index (χ3n) is 2.15. The van der Waals surface area contributed by atoms with E-state index in [1.807, 2.05) is 39.0 Å². The predicted octanol–water partition coefficient (Wildman–Crippen LogP) is 4.80. The summed E-state index contributed by atoms with van der Waals surface area (Å²) in [4.78, 5) is 14.9. The number of nitrogens with zero attached hydrogens (tertiary/aromatic N) is 1. The van der Waals surface area contributed by atoms with Crippen LogP contribution in [0, 0.1) is 0 Å². The molecule has 1 rings (SSSR count). The quantitative estimate of drug-likeness (QED) is 0.617. The van der Waals surface area contributed by atoms with Gasteiger partial charge in [0.05, 0.1) is 11.3 Å². The van der Waals surface area contributed by atoms with E-state index in [0.29, 0.717) is 5.69 Å². The molecule has 0 amide bonds. The zero-order valence-electron chi connectivity index (χ0n) is 12.2. The molecule has 3 nitrogen and oxygen atoms in total. The molecule has 0 bridgehead atoms. The fourth-order valence-corrected chi connectivity index (χ4v) is 1.31. The SMILES string of the molecule is C=C/C=C(C=Nc1ccc(C(=O)O)cc1)\C=C/C.CC. The second-order valence-electron chi connectivity index (χ2n) is 3.51. The Balaban J connectivity index is 0.00000172. The third kappa shape index (κ3) is 6.50. The lowest BCUT2D eigenvalue weighted by Gasteiger charge is -1.96. The van der Waals surface area contributed by atoms with Gasteiger partial charge in [-0.15, -0.1) is 0 Å². The summed E-state index contributed by atoms with van der Waals surface area (Å²) in [7, 11) is 0. The highest BCUT2D eigenvalue weighted by molar-refractivity contribution is 5.88. The Morgan fingerprint density at radius 2 is 1.85 bits per heavy atom. The molecule has 0 spiro atoms. The monoisotopic (exact) mass is 271 g/mol. The first kappa shape index (κ1) is 17.6. The van der Waals surface area contributed by atoms with E-state index in [2.05, 4.69) is 11.6 Å². The highest BCUT2D eigenvalue weighted by atomic mass is 16.4. The second-order valence-corrected chi connectivity index (χ2v) is 3.51. The van der Waals surface area contributed by atoms with Crippen molar-refractivity contribution in [1.29, 1.82) is 0 Å². The molecular formula is C17H21NO2. The van der Waals surface area contributed by atoms with E-state index in [0.717, 1.165) is 5.57 Å². The van der Waals surface area contributed by atoms with Crippen LogP contribution in [0.25, 0.3) is 0 Å². The Labute approximate surface area is 120 Å². The zero-order valence-corrected chi connectivity index (χ0v) is 12.2. The van der Waals surface area contributed by atoms with E-state index in [-0.39, 0.29) is 5.56 Å². The van der Waals surface area contributed by atoms with Crippen LogP contribution in [0.15, 0.2) is 65.7 Å². The minimum atomic E-state index is -0.938. The Bertz CT molecular complexity index is 508. The van der Waals surface area contributed by atoms with Gasteiger partial charge in [0.2, 0.25) is 0 Å². The van der Waals surface area contributed by atoms with Crippen LogP contribution >= 0.6 is 0 Å². The molecule has 1 N–H and O–H groups in total. The predicted molar refractivity (Wildman–Crippen MR) is 86.0 cm³/mol. The topological polar surface area (TPSA) is 49.7 Å². The number of carboxylic acid groups (broad SMARTS) is 1. The maximum absolute atomic E-state index is 10.7. The van der Waals surface area contributed by atoms with Crippen molar-refractivity contribution in [3.63, 3.8) is 0 Å². The Morgan fingerprint density at radius 1 is 1.25 bits per heavy atom. The molecule has 3 heteroatoms. The number of allylic oxidation sites excluding steroid dienone is 5. The number of aliphatic imine (C=N–C) groups is 1. The number of hydrogen-bond donors (Lipinski definition) is 1. The maximum atomic E-state index is 10.7. The molecule has 0 radical (unpaired) electrons. The molecule has 1 aromatic rings. The van der Waals surface area contributed by atoms with Gasteiger partial charge < -0.3 is 5.11 Å². The zero-order chi connectivity index (χ0) is 15.4. The summed E-state index contributed by atoms with van der Waals surface area (Å²) in [6, 6.07) is 6.39. The summed E-state index contributed by atoms with van der Waals surface area (Å²) in [5, 5.41) is 8.77. The third-order valence-corrected chi connectivity index (χ3v) is 2.15. The lowest BCUT2D eigenvalue weighted by atomic mass is 10.2. The molecular weight excluding hydrogens is 250 g/mol. The molecule has 0 saturated heterocycles. The Kier molecular flexibility index (Phi) is 9.23. The fraction of sp³-hybridized carbons (Fsp3) is 0.176. The number of carbonyl (C=O) groups is 1. The van der Waals surface area contributed by atoms with Crippen LogP contribution < -0.4 is 0 Å². The minimum Gasteiger partial charge on any atom is -0.478 e. The number of hydrogen-bond acceptors (Lipinski definition) is 2. The van der Waals surface area contributed by atoms with Gasteiger partial charge in [0, 0.05) is 6.21 Å². The van der Waals surface area contributed by atoms with Crippen molar-refractivity contribution in [2.24, 2.45) is 4.99 Å². The highest BCUT2D eigenvalue weighted by Gasteiger charge is 2.00. The summed E-state index contributed by atoms with van der Waals surface area (Å²) < 4.78 is 0. The molecule has 0 aromatic heterocycles. The average Bonchev–Trinajstić information content (AvgIpc) is 2.48. The van der Waals surface area contributed by atoms with Crippen molar-refractivity contribution in [2.75, 3.05) is 0 Å². The maximum Gasteiger partial charge on any atom is 0.335 e. The molecule has 20 heavy (non-hydrogen) atoms. The van der Waals surface area contributed by atoms with Crippen LogP contribution in [0.2, 0.25) is 0 Å². The largest absolute Gasteiger partial charge is 0.478 e. The molecule has 0 atom stereocenters. The van der Waals surface area contributed by atoms with Gasteiger partial charge in [-0.2, -0.15) is 0 Å². The molecule has 0 unspecified atom stereocenters. The van der Waals surface area contributed by atoms with Crippen molar-refractivity contribution in [2.45, 2.75) is 20.8 Å². The van der Waals surface area contributed by atoms with Crippen molar-refractivity contribution < 1.29 is 9.90 Å². The van der Waals surface area contributed by atoms with E-state index in [4.69, 9.17) is 5.11 Å². The molecule has 0 aliphatic carbocycles. The standard InChI is InChI=1S/C15H15NO2.C2H6/c1-3-5-12(6-4-2)11-16-14-9-7-13(8-10-14)15(17)18;1-2/h3-11H,1H2,2H3,(H,17,18);1-2H3/b6-4-,12-5+,16-11?;. The van der Waals surface area contributed by atoms with Crippen LogP contribution in [-0.2, 0) is 0 Å². The van der Waals surface area contributed by atoms with Crippen LogP contribution in [0.5, 0.6) is 0 Å². The van der Waals surface area contributed by atoms with Gasteiger partial charge in [-0.3, -0.25) is 4.99 Å². The van der Waals surface area contributed by atoms with Crippen LogP contribution in [0.3, 0.4) is 0 Å². The summed E-state index contributed by atoms with van der Waals surface area (Å²) in [6.45, 7) is 9.55. The molecule has 0 aliphatic heterocycles. The Hall–Kier alpha value is -2.42. The van der Waals surface area contributed by atoms with Gasteiger partial charge in [0.25, 0.3) is 0 Å². The minimum absolute atomic E-state index is 0.254. The number of benzene rings is 1. The van der Waals surface area contributed by atoms with Crippen molar-refractivity contribution in [3.8, 4) is 0 Å². The number of rotatable bonds is 5. The summed E-state index contributed by atoms with van der Waals surface area (Å²) in [5.41, 5.74) is 1.89. The van der Waals surface area contributed by atoms with E-state index in [1.54, 1.807) is 24.4 Å². The molecule has 1 aromatic carbocycles. The normalized spacial score (nSPS) is 11.2. The number of carboxylic acids is 1. The van der Waals surface area contributed by atoms with E-state index in [1.165, 1.54) is 12.1 Å². The highest BCUT2D eigenvalue weighted by Crippen LogP contribution is 2.13.